The van der Waals surface area contributed by atoms with Crippen molar-refractivity contribution in [2.24, 2.45) is 5.73 Å². The number of hydrogen-bond donors (Lipinski definition) is 1. The van der Waals surface area contributed by atoms with E-state index in [-0.39, 0.29) is 0 Å². The van der Waals surface area contributed by atoms with Crippen LogP contribution in [0.3, 0.4) is 0 Å². The van der Waals surface area contributed by atoms with Crippen LogP contribution in [-0.4, -0.2) is 15.3 Å². The Hall–Kier alpha value is -0.860. The fourth-order valence-electron chi connectivity index (χ4n) is 1.12. The van der Waals surface area contributed by atoms with Crippen LogP contribution >= 0.6 is 15.9 Å². The molecule has 1 unspecified atom stereocenters. The minimum atomic E-state index is -0.718. The lowest BCUT2D eigenvalue weighted by Crippen LogP contribution is -2.34. The third kappa shape index (κ3) is 3.48. The Labute approximate surface area is 91.8 Å². The maximum atomic E-state index is 8.69. The van der Waals surface area contributed by atoms with Gasteiger partial charge in [0.2, 0.25) is 0 Å². The Morgan fingerprint density at radius 1 is 1.79 bits per heavy atom. The lowest BCUT2D eigenvalue weighted by Gasteiger charge is -2.14. The van der Waals surface area contributed by atoms with Crippen LogP contribution in [0.1, 0.15) is 19.8 Å². The second-order valence-corrected chi connectivity index (χ2v) is 4.47. The lowest BCUT2D eigenvalue weighted by molar-refractivity contribution is 0.471. The first-order chi connectivity index (χ1) is 6.53. The van der Waals surface area contributed by atoms with E-state index >= 15 is 0 Å². The van der Waals surface area contributed by atoms with Gasteiger partial charge in [0.1, 0.15) is 5.54 Å². The third-order valence-electron chi connectivity index (χ3n) is 1.94. The Morgan fingerprint density at radius 2 is 2.50 bits per heavy atom. The molecule has 0 amide bonds. The quantitative estimate of drug-likeness (QED) is 0.891. The van der Waals surface area contributed by atoms with Crippen molar-refractivity contribution in [3.05, 3.63) is 16.9 Å². The summed E-state index contributed by atoms with van der Waals surface area (Å²) < 4.78 is 2.80. The number of halogens is 1. The first-order valence-corrected chi connectivity index (χ1v) is 5.21. The van der Waals surface area contributed by atoms with Gasteiger partial charge >= 0.3 is 0 Å². The zero-order valence-corrected chi connectivity index (χ0v) is 9.66. The molecule has 0 fully saturated rings. The molecule has 5 heteroatoms. The van der Waals surface area contributed by atoms with Crippen molar-refractivity contribution in [3.8, 4) is 6.07 Å². The molecule has 1 aromatic heterocycles. The van der Waals surface area contributed by atoms with Crippen LogP contribution in [0.15, 0.2) is 16.9 Å². The van der Waals surface area contributed by atoms with E-state index in [1.807, 2.05) is 10.9 Å². The average molecular weight is 257 g/mol. The summed E-state index contributed by atoms with van der Waals surface area (Å²) in [7, 11) is 0. The number of nitrogens with zero attached hydrogens (tertiary/aromatic N) is 3. The monoisotopic (exact) mass is 256 g/mol. The molecule has 2 N–H and O–H groups in total. The van der Waals surface area contributed by atoms with Crippen LogP contribution in [0.4, 0.5) is 0 Å². The van der Waals surface area contributed by atoms with Gasteiger partial charge < -0.3 is 5.73 Å². The zero-order chi connectivity index (χ0) is 10.6. The minimum absolute atomic E-state index is 0.682. The van der Waals surface area contributed by atoms with E-state index in [1.165, 1.54) is 0 Å². The van der Waals surface area contributed by atoms with Gasteiger partial charge in [-0.05, 0) is 35.7 Å². The smallest absolute Gasteiger partial charge is 0.101 e. The van der Waals surface area contributed by atoms with Crippen molar-refractivity contribution in [1.29, 1.82) is 5.26 Å². The van der Waals surface area contributed by atoms with Crippen molar-refractivity contribution in [1.82, 2.24) is 9.78 Å². The van der Waals surface area contributed by atoms with Gasteiger partial charge in [-0.3, -0.25) is 4.68 Å². The van der Waals surface area contributed by atoms with Gasteiger partial charge in [-0.15, -0.1) is 0 Å². The molecule has 0 saturated carbocycles. The molecule has 14 heavy (non-hydrogen) atoms. The van der Waals surface area contributed by atoms with Gasteiger partial charge in [0.15, 0.2) is 0 Å². The Balaban J connectivity index is 2.33. The van der Waals surface area contributed by atoms with Gasteiger partial charge in [0, 0.05) is 12.7 Å². The minimum Gasteiger partial charge on any atom is -0.314 e. The molecule has 1 heterocycles. The van der Waals surface area contributed by atoms with Crippen LogP contribution in [0.25, 0.3) is 0 Å². The molecule has 0 aliphatic carbocycles. The summed E-state index contributed by atoms with van der Waals surface area (Å²) in [6, 6.07) is 2.07. The Morgan fingerprint density at radius 3 is 3.00 bits per heavy atom. The Bertz CT molecular complexity index is 337. The molecular weight excluding hydrogens is 244 g/mol. The topological polar surface area (TPSA) is 67.6 Å². The SMILES string of the molecule is CC(N)(C#N)CCCn1cc(Br)cn1. The van der Waals surface area contributed by atoms with Crippen molar-refractivity contribution in [2.45, 2.75) is 31.8 Å². The molecule has 76 valence electrons. The van der Waals surface area contributed by atoms with Crippen LogP contribution in [0.5, 0.6) is 0 Å². The van der Waals surface area contributed by atoms with E-state index in [4.69, 9.17) is 11.0 Å². The van der Waals surface area contributed by atoms with Crippen molar-refractivity contribution >= 4 is 15.9 Å². The van der Waals surface area contributed by atoms with Crippen molar-refractivity contribution in [3.63, 3.8) is 0 Å². The van der Waals surface area contributed by atoms with Crippen LogP contribution < -0.4 is 5.73 Å². The van der Waals surface area contributed by atoms with Gasteiger partial charge in [0.25, 0.3) is 0 Å². The Kier molecular flexibility index (Phi) is 3.67. The number of nitriles is 1. The molecule has 0 spiro atoms. The highest BCUT2D eigenvalue weighted by molar-refractivity contribution is 9.10. The molecular formula is C9H13BrN4. The van der Waals surface area contributed by atoms with Gasteiger partial charge in [-0.2, -0.15) is 10.4 Å². The normalized spacial score (nSPS) is 14.7. The number of nitrogens with two attached hydrogens (primary N) is 1. The molecule has 1 rings (SSSR count). The fraction of sp³-hybridized carbons (Fsp3) is 0.556. The predicted molar refractivity (Wildman–Crippen MR) is 57.4 cm³/mol. The second-order valence-electron chi connectivity index (χ2n) is 3.55. The van der Waals surface area contributed by atoms with Crippen LogP contribution in [-0.2, 0) is 6.54 Å². The zero-order valence-electron chi connectivity index (χ0n) is 8.07. The third-order valence-corrected chi connectivity index (χ3v) is 2.35. The number of aryl methyl sites for hydroxylation is 1. The van der Waals surface area contributed by atoms with Crippen molar-refractivity contribution in [2.75, 3.05) is 0 Å². The second kappa shape index (κ2) is 4.58. The highest BCUT2D eigenvalue weighted by Gasteiger charge is 2.16. The first-order valence-electron chi connectivity index (χ1n) is 4.41. The highest BCUT2D eigenvalue weighted by atomic mass is 79.9. The van der Waals surface area contributed by atoms with Gasteiger partial charge in [0.05, 0.1) is 16.7 Å². The van der Waals surface area contributed by atoms with E-state index in [0.717, 1.165) is 17.4 Å². The predicted octanol–water partition coefficient (Wildman–Crippen LogP) is 1.67. The molecule has 0 radical (unpaired) electrons. The van der Waals surface area contributed by atoms with E-state index < -0.39 is 5.54 Å². The summed E-state index contributed by atoms with van der Waals surface area (Å²) in [5, 5.41) is 12.8. The molecule has 0 aliphatic rings. The lowest BCUT2D eigenvalue weighted by atomic mass is 9.99. The summed E-state index contributed by atoms with van der Waals surface area (Å²) in [4.78, 5) is 0. The maximum absolute atomic E-state index is 8.69. The van der Waals surface area contributed by atoms with Gasteiger partial charge in [-0.1, -0.05) is 0 Å². The van der Waals surface area contributed by atoms with Crippen molar-refractivity contribution < 1.29 is 0 Å². The summed E-state index contributed by atoms with van der Waals surface area (Å²) in [5.41, 5.74) is 4.97. The van der Waals surface area contributed by atoms with Crippen LogP contribution in [0, 0.1) is 11.3 Å². The summed E-state index contributed by atoms with van der Waals surface area (Å²) >= 11 is 3.32. The number of rotatable bonds is 4. The molecule has 0 saturated heterocycles. The summed E-state index contributed by atoms with van der Waals surface area (Å²) in [6.45, 7) is 2.53. The highest BCUT2D eigenvalue weighted by Crippen LogP contribution is 2.10. The van der Waals surface area contributed by atoms with E-state index in [9.17, 15) is 0 Å². The average Bonchev–Trinajstić information content (AvgIpc) is 2.51. The van der Waals surface area contributed by atoms with E-state index in [1.54, 1.807) is 13.1 Å². The molecule has 0 bridgehead atoms. The van der Waals surface area contributed by atoms with Crippen LogP contribution in [0.2, 0.25) is 0 Å². The summed E-state index contributed by atoms with van der Waals surface area (Å²) in [6.07, 6.45) is 5.18. The maximum Gasteiger partial charge on any atom is 0.101 e. The number of hydrogen-bond acceptors (Lipinski definition) is 3. The molecule has 0 aromatic carbocycles. The summed E-state index contributed by atoms with van der Waals surface area (Å²) in [5.74, 6) is 0. The van der Waals surface area contributed by atoms with E-state index in [2.05, 4.69) is 27.1 Å². The first kappa shape index (κ1) is 11.2. The van der Waals surface area contributed by atoms with Gasteiger partial charge in [-0.25, -0.2) is 0 Å². The molecule has 0 aliphatic heterocycles. The molecule has 1 aromatic rings. The van der Waals surface area contributed by atoms with E-state index in [0.29, 0.717) is 6.42 Å². The fourth-order valence-corrected chi connectivity index (χ4v) is 1.45. The largest absolute Gasteiger partial charge is 0.314 e. The number of aromatic nitrogens is 2. The molecule has 1 atom stereocenters. The standard InChI is InChI=1S/C9H13BrN4/c1-9(12,7-11)3-2-4-14-6-8(10)5-13-14/h5-6H,2-4,12H2,1H3. The molecule has 4 nitrogen and oxygen atoms in total.